The van der Waals surface area contributed by atoms with Crippen molar-refractivity contribution in [1.29, 1.82) is 0 Å². The third kappa shape index (κ3) is 43.4. The van der Waals surface area contributed by atoms with Gasteiger partial charge in [0, 0.05) is 19.3 Å². The molecule has 0 heterocycles. The minimum atomic E-state index is -0.760. The first kappa shape index (κ1) is 53.4. The third-order valence-electron chi connectivity index (χ3n) is 11.0. The molecule has 0 aromatic rings. The Kier molecular flexibility index (Phi) is 40.8. The molecule has 0 radical (unpaired) electrons. The highest BCUT2D eigenvalue weighted by Gasteiger charge is 2.19. The van der Waals surface area contributed by atoms with Crippen molar-refractivity contribution in [3.63, 3.8) is 0 Å². The molecule has 0 aliphatic heterocycles. The smallest absolute Gasteiger partial charge is 0.306 e. The number of carbonyl (C=O) groups excluding carboxylic acids is 3. The first-order chi connectivity index (χ1) is 26.7. The second-order valence-corrected chi connectivity index (χ2v) is 17.7. The largest absolute Gasteiger partial charge is 0.462 e. The summed E-state index contributed by atoms with van der Waals surface area (Å²) in [5.41, 5.74) is 0. The lowest BCUT2D eigenvalue weighted by atomic mass is 10.0. The van der Waals surface area contributed by atoms with Gasteiger partial charge in [0.2, 0.25) is 0 Å². The molecule has 0 aromatic carbocycles. The summed E-state index contributed by atoms with van der Waals surface area (Å²) in [6, 6.07) is 0. The zero-order valence-electron chi connectivity index (χ0n) is 37.6. The maximum Gasteiger partial charge on any atom is 0.306 e. The number of unbranched alkanes of at least 4 members (excludes halogenated alkanes) is 28. The standard InChI is InChI=1S/C49H94O6/c1-6-7-8-9-22-29-34-39-47(50)53-42-46(55-49(52)41-36-31-26-25-28-33-38-45(4)5)43-54-48(51)40-35-30-24-21-19-17-15-13-11-10-12-14-16-18-20-23-27-32-37-44(2)3/h44-46H,6-43H2,1-5H3/t46-/m1/s1. The van der Waals surface area contributed by atoms with Crippen molar-refractivity contribution in [2.45, 2.75) is 272 Å². The van der Waals surface area contributed by atoms with Crippen LogP contribution in [0.2, 0.25) is 0 Å². The van der Waals surface area contributed by atoms with Crippen molar-refractivity contribution in [3.8, 4) is 0 Å². The summed E-state index contributed by atoms with van der Waals surface area (Å²) in [6.07, 6.45) is 41.3. The van der Waals surface area contributed by atoms with Crippen LogP contribution in [0.3, 0.4) is 0 Å². The Labute approximate surface area is 342 Å². The van der Waals surface area contributed by atoms with Gasteiger partial charge in [0.1, 0.15) is 13.2 Å². The fraction of sp³-hybridized carbons (Fsp3) is 0.939. The second kappa shape index (κ2) is 42.0. The molecule has 0 aliphatic carbocycles. The van der Waals surface area contributed by atoms with Crippen molar-refractivity contribution < 1.29 is 28.6 Å². The van der Waals surface area contributed by atoms with Crippen LogP contribution < -0.4 is 0 Å². The fourth-order valence-electron chi connectivity index (χ4n) is 7.28. The summed E-state index contributed by atoms with van der Waals surface area (Å²) in [6.45, 7) is 11.3. The van der Waals surface area contributed by atoms with Gasteiger partial charge in [0.05, 0.1) is 0 Å². The minimum absolute atomic E-state index is 0.0657. The summed E-state index contributed by atoms with van der Waals surface area (Å²) in [7, 11) is 0. The van der Waals surface area contributed by atoms with E-state index in [0.29, 0.717) is 19.3 Å². The highest BCUT2D eigenvalue weighted by Crippen LogP contribution is 2.17. The Hall–Kier alpha value is -1.59. The molecule has 0 aromatic heterocycles. The fourth-order valence-corrected chi connectivity index (χ4v) is 7.28. The molecular formula is C49H94O6. The van der Waals surface area contributed by atoms with Crippen LogP contribution in [0.15, 0.2) is 0 Å². The number of ether oxygens (including phenoxy) is 3. The van der Waals surface area contributed by atoms with Crippen LogP contribution >= 0.6 is 0 Å². The van der Waals surface area contributed by atoms with Gasteiger partial charge >= 0.3 is 17.9 Å². The van der Waals surface area contributed by atoms with E-state index in [2.05, 4.69) is 34.6 Å². The van der Waals surface area contributed by atoms with Crippen molar-refractivity contribution >= 4 is 17.9 Å². The lowest BCUT2D eigenvalue weighted by molar-refractivity contribution is -0.167. The van der Waals surface area contributed by atoms with Crippen LogP contribution in [-0.4, -0.2) is 37.2 Å². The molecule has 0 rings (SSSR count). The summed E-state index contributed by atoms with van der Waals surface area (Å²) in [4.78, 5) is 37.6. The molecule has 0 amide bonds. The molecule has 6 nitrogen and oxygen atoms in total. The van der Waals surface area contributed by atoms with Crippen LogP contribution in [0.25, 0.3) is 0 Å². The molecule has 55 heavy (non-hydrogen) atoms. The number of carbonyl (C=O) groups is 3. The Bertz CT molecular complexity index is 839. The molecule has 0 saturated heterocycles. The normalized spacial score (nSPS) is 12.1. The molecule has 326 valence electrons. The molecule has 0 aliphatic rings. The van der Waals surface area contributed by atoms with Crippen LogP contribution in [-0.2, 0) is 28.6 Å². The Morgan fingerprint density at radius 2 is 0.600 bits per heavy atom. The third-order valence-corrected chi connectivity index (χ3v) is 11.0. The molecule has 1 atom stereocenters. The van der Waals surface area contributed by atoms with Crippen molar-refractivity contribution in [3.05, 3.63) is 0 Å². The van der Waals surface area contributed by atoms with E-state index in [1.165, 1.54) is 154 Å². The van der Waals surface area contributed by atoms with Gasteiger partial charge in [-0.05, 0) is 31.1 Å². The van der Waals surface area contributed by atoms with Gasteiger partial charge < -0.3 is 14.2 Å². The maximum atomic E-state index is 12.6. The molecule has 6 heteroatoms. The first-order valence-corrected chi connectivity index (χ1v) is 24.2. The van der Waals surface area contributed by atoms with E-state index in [0.717, 1.165) is 69.6 Å². The van der Waals surface area contributed by atoms with Gasteiger partial charge in [-0.3, -0.25) is 14.4 Å². The first-order valence-electron chi connectivity index (χ1n) is 24.2. The Balaban J connectivity index is 4.09. The van der Waals surface area contributed by atoms with E-state index in [9.17, 15) is 14.4 Å². The van der Waals surface area contributed by atoms with Gasteiger partial charge in [0.25, 0.3) is 0 Å². The van der Waals surface area contributed by atoms with Gasteiger partial charge in [-0.2, -0.15) is 0 Å². The van der Waals surface area contributed by atoms with E-state index in [4.69, 9.17) is 14.2 Å². The summed E-state index contributed by atoms with van der Waals surface area (Å²) < 4.78 is 16.7. The van der Waals surface area contributed by atoms with E-state index >= 15 is 0 Å². The van der Waals surface area contributed by atoms with Crippen LogP contribution in [0.4, 0.5) is 0 Å². The Morgan fingerprint density at radius 1 is 0.345 bits per heavy atom. The van der Waals surface area contributed by atoms with E-state index in [1.807, 2.05) is 0 Å². The SMILES string of the molecule is CCCCCCCCCC(=O)OC[C@H](COC(=O)CCCCCCCCCCCCCCCCCCCCC(C)C)OC(=O)CCCCCCCCC(C)C. The quantitative estimate of drug-likeness (QED) is 0.0348. The topological polar surface area (TPSA) is 78.9 Å². The lowest BCUT2D eigenvalue weighted by Crippen LogP contribution is -2.30. The molecule has 0 fully saturated rings. The van der Waals surface area contributed by atoms with Crippen molar-refractivity contribution in [2.75, 3.05) is 13.2 Å². The molecule has 0 bridgehead atoms. The van der Waals surface area contributed by atoms with Crippen LogP contribution in [0.5, 0.6) is 0 Å². The van der Waals surface area contributed by atoms with E-state index < -0.39 is 6.10 Å². The predicted octanol–water partition coefficient (Wildman–Crippen LogP) is 15.4. The summed E-state index contributed by atoms with van der Waals surface area (Å²) in [5.74, 6) is 0.753. The highest BCUT2D eigenvalue weighted by atomic mass is 16.6. The van der Waals surface area contributed by atoms with Crippen molar-refractivity contribution in [1.82, 2.24) is 0 Å². The lowest BCUT2D eigenvalue weighted by Gasteiger charge is -2.18. The number of hydrogen-bond donors (Lipinski definition) is 0. The van der Waals surface area contributed by atoms with Gasteiger partial charge in [-0.25, -0.2) is 0 Å². The van der Waals surface area contributed by atoms with Crippen LogP contribution in [0.1, 0.15) is 266 Å². The Morgan fingerprint density at radius 3 is 0.891 bits per heavy atom. The van der Waals surface area contributed by atoms with Gasteiger partial charge in [0.15, 0.2) is 6.10 Å². The van der Waals surface area contributed by atoms with Crippen LogP contribution in [0, 0.1) is 11.8 Å². The minimum Gasteiger partial charge on any atom is -0.462 e. The average molecular weight is 779 g/mol. The molecule has 0 saturated carbocycles. The highest BCUT2D eigenvalue weighted by molar-refractivity contribution is 5.71. The average Bonchev–Trinajstić information content (AvgIpc) is 3.15. The van der Waals surface area contributed by atoms with Gasteiger partial charge in [-0.15, -0.1) is 0 Å². The molecule has 0 spiro atoms. The summed E-state index contributed by atoms with van der Waals surface area (Å²) in [5, 5.41) is 0. The number of esters is 3. The van der Waals surface area contributed by atoms with Crippen molar-refractivity contribution in [2.24, 2.45) is 11.8 Å². The van der Waals surface area contributed by atoms with Gasteiger partial charge in [-0.1, -0.05) is 227 Å². The number of hydrogen-bond acceptors (Lipinski definition) is 6. The molecular weight excluding hydrogens is 685 g/mol. The number of rotatable bonds is 43. The predicted molar refractivity (Wildman–Crippen MR) is 233 cm³/mol. The zero-order chi connectivity index (χ0) is 40.5. The summed E-state index contributed by atoms with van der Waals surface area (Å²) >= 11 is 0. The monoisotopic (exact) mass is 779 g/mol. The zero-order valence-corrected chi connectivity index (χ0v) is 37.6. The molecule has 0 N–H and O–H groups in total. The second-order valence-electron chi connectivity index (χ2n) is 17.7. The van der Waals surface area contributed by atoms with E-state index in [-0.39, 0.29) is 31.1 Å². The van der Waals surface area contributed by atoms with E-state index in [1.54, 1.807) is 0 Å². The maximum absolute atomic E-state index is 12.6. The molecule has 0 unspecified atom stereocenters.